The van der Waals surface area contributed by atoms with Gasteiger partial charge in [0.15, 0.2) is 0 Å². The average molecular weight is 431 g/mol. The summed E-state index contributed by atoms with van der Waals surface area (Å²) in [4.78, 5) is 30.3. The number of rotatable bonds is 7. The first-order chi connectivity index (χ1) is 12.8. The van der Waals surface area contributed by atoms with Gasteiger partial charge in [0.25, 0.3) is 0 Å². The van der Waals surface area contributed by atoms with Crippen molar-refractivity contribution in [3.8, 4) is 0 Å². The minimum absolute atomic E-state index is 0.00681. The van der Waals surface area contributed by atoms with Crippen molar-refractivity contribution in [3.05, 3.63) is 24.3 Å². The van der Waals surface area contributed by atoms with Crippen LogP contribution < -0.4 is 9.80 Å². The molecule has 2 rings (SSSR count). The molecule has 1 aliphatic heterocycles. The van der Waals surface area contributed by atoms with E-state index in [0.717, 1.165) is 24.3 Å². The maximum absolute atomic E-state index is 12.8. The SMILES string of the molecule is CCN(C)CC(=O)N(C)c1ccc(N2CCCC(N(S)S(O)=S)C2=O)cc1. The highest BCUT2D eigenvalue weighted by molar-refractivity contribution is 8.27. The number of piperidine rings is 1. The molecule has 1 aliphatic rings. The Morgan fingerprint density at radius 2 is 2.00 bits per heavy atom. The van der Waals surface area contributed by atoms with E-state index in [2.05, 4.69) is 12.8 Å². The van der Waals surface area contributed by atoms with Gasteiger partial charge < -0.3 is 14.4 Å². The average Bonchev–Trinajstić information content (AvgIpc) is 2.67. The molecule has 2 unspecified atom stereocenters. The predicted octanol–water partition coefficient (Wildman–Crippen LogP) is 1.71. The van der Waals surface area contributed by atoms with Crippen LogP contribution in [0.1, 0.15) is 19.8 Å². The third-order valence-corrected chi connectivity index (χ3v) is 6.84. The second kappa shape index (κ2) is 9.94. The van der Waals surface area contributed by atoms with E-state index in [0.29, 0.717) is 19.5 Å². The number of benzene rings is 1. The van der Waals surface area contributed by atoms with Gasteiger partial charge >= 0.3 is 0 Å². The van der Waals surface area contributed by atoms with Gasteiger partial charge in [-0.1, -0.05) is 19.7 Å². The summed E-state index contributed by atoms with van der Waals surface area (Å²) < 4.78 is 10.8. The number of carbonyl (C=O) groups excluding carboxylic acids is 2. The smallest absolute Gasteiger partial charge is 0.246 e. The molecule has 0 radical (unpaired) electrons. The third-order valence-electron chi connectivity index (χ3n) is 4.70. The number of hydrogen-bond acceptors (Lipinski definition) is 5. The van der Waals surface area contributed by atoms with Gasteiger partial charge in [0.2, 0.25) is 11.8 Å². The fraction of sp³-hybridized carbons (Fsp3) is 0.529. The van der Waals surface area contributed by atoms with E-state index in [1.165, 1.54) is 3.71 Å². The van der Waals surface area contributed by atoms with Crippen molar-refractivity contribution in [3.63, 3.8) is 0 Å². The number of thiol groups is 1. The molecule has 0 aromatic heterocycles. The van der Waals surface area contributed by atoms with E-state index in [4.69, 9.17) is 11.2 Å². The predicted molar refractivity (Wildman–Crippen MR) is 117 cm³/mol. The van der Waals surface area contributed by atoms with Crippen molar-refractivity contribution < 1.29 is 14.1 Å². The van der Waals surface area contributed by atoms with Crippen molar-refractivity contribution in [2.24, 2.45) is 0 Å². The minimum Gasteiger partial charge on any atom is -0.315 e. The molecule has 2 atom stereocenters. The Kier molecular flexibility index (Phi) is 8.20. The zero-order valence-corrected chi connectivity index (χ0v) is 18.3. The van der Waals surface area contributed by atoms with Crippen molar-refractivity contribution >= 4 is 57.1 Å². The highest BCUT2D eigenvalue weighted by atomic mass is 32.8. The van der Waals surface area contributed by atoms with E-state index < -0.39 is 16.0 Å². The Morgan fingerprint density at radius 1 is 1.37 bits per heavy atom. The lowest BCUT2D eigenvalue weighted by molar-refractivity contribution is -0.122. The zero-order valence-electron chi connectivity index (χ0n) is 15.7. The van der Waals surface area contributed by atoms with E-state index >= 15 is 0 Å². The third kappa shape index (κ3) is 5.49. The second-order valence-electron chi connectivity index (χ2n) is 6.48. The number of nitrogens with zero attached hydrogens (tertiary/aromatic N) is 4. The summed E-state index contributed by atoms with van der Waals surface area (Å²) >= 11 is 9.00. The second-order valence-corrected chi connectivity index (χ2v) is 8.93. The molecule has 0 bridgehead atoms. The zero-order chi connectivity index (χ0) is 20.1. The Morgan fingerprint density at radius 3 is 2.56 bits per heavy atom. The minimum atomic E-state index is -1.49. The van der Waals surface area contributed by atoms with Crippen LogP contribution in [0.25, 0.3) is 0 Å². The number of carbonyl (C=O) groups is 2. The Bertz CT molecular complexity index is 701. The summed E-state index contributed by atoms with van der Waals surface area (Å²) in [7, 11) is 2.16. The molecule has 150 valence electrons. The standard InChI is InChI=1S/C17H26N4O3S3/c1-4-18(2)12-16(22)19(3)13-7-9-14(10-8-13)20-11-5-6-15(17(20)23)21(25)27(24)26/h7-10,15,25H,4-6,11-12H2,1-3H3,(H,24,26). The highest BCUT2D eigenvalue weighted by Gasteiger charge is 2.34. The summed E-state index contributed by atoms with van der Waals surface area (Å²) in [6, 6.07) is 6.79. The van der Waals surface area contributed by atoms with Crippen LogP contribution in [0.2, 0.25) is 0 Å². The van der Waals surface area contributed by atoms with Crippen molar-refractivity contribution in [2.75, 3.05) is 43.5 Å². The first-order valence-corrected chi connectivity index (χ1v) is 11.2. The van der Waals surface area contributed by atoms with Crippen LogP contribution in [0.15, 0.2) is 24.3 Å². The van der Waals surface area contributed by atoms with Crippen molar-refractivity contribution in [1.82, 2.24) is 8.61 Å². The molecule has 0 aliphatic carbocycles. The van der Waals surface area contributed by atoms with Gasteiger partial charge in [0, 0.05) is 25.0 Å². The summed E-state index contributed by atoms with van der Waals surface area (Å²) in [5.41, 5.74) is 1.52. The summed E-state index contributed by atoms with van der Waals surface area (Å²) in [5, 5.41) is 0. The molecule has 1 heterocycles. The first kappa shape index (κ1) is 22.3. The van der Waals surface area contributed by atoms with Crippen LogP contribution in [0, 0.1) is 0 Å². The fourth-order valence-electron chi connectivity index (χ4n) is 2.88. The molecule has 2 amide bonds. The monoisotopic (exact) mass is 430 g/mol. The molecular weight excluding hydrogens is 404 g/mol. The molecule has 1 saturated heterocycles. The molecular formula is C17H26N4O3S3. The molecule has 1 aromatic rings. The van der Waals surface area contributed by atoms with Crippen LogP contribution in [-0.2, 0) is 30.7 Å². The van der Waals surface area contributed by atoms with E-state index in [9.17, 15) is 14.1 Å². The number of hydrogen-bond donors (Lipinski definition) is 2. The van der Waals surface area contributed by atoms with Gasteiger partial charge in [-0.25, -0.2) is 0 Å². The largest absolute Gasteiger partial charge is 0.315 e. The normalized spacial score (nSPS) is 18.9. The summed E-state index contributed by atoms with van der Waals surface area (Å²) in [6.45, 7) is 3.76. The lowest BCUT2D eigenvalue weighted by Gasteiger charge is -2.35. The van der Waals surface area contributed by atoms with Crippen molar-refractivity contribution in [2.45, 2.75) is 25.8 Å². The lowest BCUT2D eigenvalue weighted by atomic mass is 10.0. The number of amides is 2. The van der Waals surface area contributed by atoms with Gasteiger partial charge in [0.1, 0.15) is 6.04 Å². The van der Waals surface area contributed by atoms with E-state index in [-0.39, 0.29) is 11.8 Å². The Hall–Kier alpha value is -1.04. The Labute approximate surface area is 173 Å². The summed E-state index contributed by atoms with van der Waals surface area (Å²) in [5.74, 6) is -0.123. The highest BCUT2D eigenvalue weighted by Crippen LogP contribution is 2.27. The maximum atomic E-state index is 12.8. The van der Waals surface area contributed by atoms with Crippen LogP contribution in [0.5, 0.6) is 0 Å². The number of anilines is 2. The van der Waals surface area contributed by atoms with Gasteiger partial charge in [-0.15, -0.1) is 0 Å². The van der Waals surface area contributed by atoms with Gasteiger partial charge in [-0.3, -0.25) is 14.5 Å². The van der Waals surface area contributed by atoms with Crippen molar-refractivity contribution in [1.29, 1.82) is 0 Å². The molecule has 1 N–H and O–H groups in total. The fourth-order valence-corrected chi connectivity index (χ4v) is 3.81. The van der Waals surface area contributed by atoms with E-state index in [1.807, 2.05) is 43.1 Å². The molecule has 0 saturated carbocycles. The quantitative estimate of drug-likeness (QED) is 0.642. The maximum Gasteiger partial charge on any atom is 0.246 e. The molecule has 7 nitrogen and oxygen atoms in total. The Balaban J connectivity index is 2.11. The molecule has 0 spiro atoms. The van der Waals surface area contributed by atoms with Crippen LogP contribution in [0.3, 0.4) is 0 Å². The topological polar surface area (TPSA) is 67.3 Å². The van der Waals surface area contributed by atoms with Crippen LogP contribution >= 0.6 is 12.8 Å². The molecule has 27 heavy (non-hydrogen) atoms. The lowest BCUT2D eigenvalue weighted by Crippen LogP contribution is -2.50. The van der Waals surface area contributed by atoms with Crippen LogP contribution in [-0.4, -0.2) is 64.7 Å². The van der Waals surface area contributed by atoms with E-state index in [1.54, 1.807) is 16.8 Å². The van der Waals surface area contributed by atoms with Gasteiger partial charge in [-0.05, 0) is 61.9 Å². The van der Waals surface area contributed by atoms with Gasteiger partial charge in [0.05, 0.1) is 16.5 Å². The molecule has 1 fully saturated rings. The molecule has 10 heteroatoms. The van der Waals surface area contributed by atoms with Crippen LogP contribution in [0.4, 0.5) is 11.4 Å². The number of likely N-dealkylation sites (N-methyl/N-ethyl adjacent to an activating group) is 2. The van der Waals surface area contributed by atoms with Gasteiger partial charge in [-0.2, -0.15) is 3.71 Å². The summed E-state index contributed by atoms with van der Waals surface area (Å²) in [6.07, 6.45) is 1.41. The molecule has 1 aromatic carbocycles. The first-order valence-electron chi connectivity index (χ1n) is 8.71.